The summed E-state index contributed by atoms with van der Waals surface area (Å²) in [5.74, 6) is -0.302. The van der Waals surface area contributed by atoms with E-state index in [9.17, 15) is 20.2 Å². The molecular formula is C25H19Cl2N3O4. The molecule has 34 heavy (non-hydrogen) atoms. The Balaban J connectivity index is 1.72. The average molecular weight is 496 g/mol. The lowest BCUT2D eigenvalue weighted by Gasteiger charge is -2.14. The van der Waals surface area contributed by atoms with Crippen LogP contribution in [0.4, 0.5) is 5.69 Å². The zero-order chi connectivity index (χ0) is 24.7. The summed E-state index contributed by atoms with van der Waals surface area (Å²) in [5.41, 5.74) is 1.93. The van der Waals surface area contributed by atoms with E-state index in [0.29, 0.717) is 11.1 Å². The van der Waals surface area contributed by atoms with Crippen molar-refractivity contribution in [3.05, 3.63) is 109 Å². The van der Waals surface area contributed by atoms with Crippen molar-refractivity contribution in [2.24, 2.45) is 0 Å². The second-order valence-electron chi connectivity index (χ2n) is 7.30. The minimum Gasteiger partial charge on any atom is -0.486 e. The van der Waals surface area contributed by atoms with Crippen molar-refractivity contribution in [2.75, 3.05) is 0 Å². The summed E-state index contributed by atoms with van der Waals surface area (Å²) >= 11 is 12.7. The van der Waals surface area contributed by atoms with Crippen LogP contribution in [0.5, 0.6) is 5.75 Å². The van der Waals surface area contributed by atoms with Crippen LogP contribution in [0.25, 0.3) is 6.08 Å². The molecule has 0 fully saturated rings. The molecule has 3 rings (SSSR count). The summed E-state index contributed by atoms with van der Waals surface area (Å²) in [5, 5.41) is 23.4. The average Bonchev–Trinajstić information content (AvgIpc) is 2.82. The molecule has 0 radical (unpaired) electrons. The van der Waals surface area contributed by atoms with Crippen molar-refractivity contribution in [2.45, 2.75) is 19.6 Å². The Hall–Kier alpha value is -3.86. The van der Waals surface area contributed by atoms with Crippen molar-refractivity contribution in [3.63, 3.8) is 0 Å². The van der Waals surface area contributed by atoms with Crippen LogP contribution < -0.4 is 10.1 Å². The fourth-order valence-electron chi connectivity index (χ4n) is 3.08. The number of halogens is 2. The molecule has 0 heterocycles. The van der Waals surface area contributed by atoms with E-state index in [2.05, 4.69) is 5.32 Å². The van der Waals surface area contributed by atoms with Gasteiger partial charge in [0.2, 0.25) is 0 Å². The summed E-state index contributed by atoms with van der Waals surface area (Å²) in [4.78, 5) is 22.9. The molecule has 0 saturated carbocycles. The van der Waals surface area contributed by atoms with Crippen LogP contribution in [0.15, 0.2) is 72.3 Å². The van der Waals surface area contributed by atoms with E-state index in [1.54, 1.807) is 12.1 Å². The Labute approximate surface area is 206 Å². The second kappa shape index (κ2) is 11.3. The zero-order valence-corrected chi connectivity index (χ0v) is 19.5. The maximum absolute atomic E-state index is 12.6. The van der Waals surface area contributed by atoms with Gasteiger partial charge in [0.15, 0.2) is 5.75 Å². The van der Waals surface area contributed by atoms with Gasteiger partial charge in [0.1, 0.15) is 18.2 Å². The highest BCUT2D eigenvalue weighted by molar-refractivity contribution is 6.37. The molecule has 0 aliphatic carbocycles. The second-order valence-corrected chi connectivity index (χ2v) is 8.12. The quantitative estimate of drug-likeness (QED) is 0.171. The van der Waals surface area contributed by atoms with Crippen LogP contribution in [0.2, 0.25) is 10.0 Å². The molecule has 0 aromatic heterocycles. The van der Waals surface area contributed by atoms with Gasteiger partial charge >= 0.3 is 0 Å². The molecule has 0 spiro atoms. The van der Waals surface area contributed by atoms with Gasteiger partial charge in [-0.2, -0.15) is 5.26 Å². The first-order chi connectivity index (χ1) is 16.3. The largest absolute Gasteiger partial charge is 0.486 e. The monoisotopic (exact) mass is 495 g/mol. The number of hydrogen-bond donors (Lipinski definition) is 1. The lowest BCUT2D eigenvalue weighted by atomic mass is 10.1. The van der Waals surface area contributed by atoms with Gasteiger partial charge < -0.3 is 10.1 Å². The van der Waals surface area contributed by atoms with Crippen molar-refractivity contribution in [3.8, 4) is 11.8 Å². The minimum atomic E-state index is -0.524. The van der Waals surface area contributed by atoms with Crippen LogP contribution in [0, 0.1) is 21.4 Å². The van der Waals surface area contributed by atoms with Gasteiger partial charge in [-0.1, -0.05) is 53.5 Å². The molecule has 172 valence electrons. The minimum absolute atomic E-state index is 0.0218. The van der Waals surface area contributed by atoms with Gasteiger partial charge in [0.25, 0.3) is 11.6 Å². The van der Waals surface area contributed by atoms with Crippen molar-refractivity contribution in [1.82, 2.24) is 5.32 Å². The number of hydrogen-bond acceptors (Lipinski definition) is 5. The number of non-ortho nitro benzene ring substituents is 1. The normalized spacial score (nSPS) is 11.9. The van der Waals surface area contributed by atoms with Crippen molar-refractivity contribution < 1.29 is 14.5 Å². The maximum Gasteiger partial charge on any atom is 0.269 e. The third-order valence-electron chi connectivity index (χ3n) is 4.87. The first kappa shape index (κ1) is 24.8. The Bertz CT molecular complexity index is 1250. The SMILES string of the molecule is C[C@H](NC(=O)/C(C#N)=C\c1cc(Cl)c(OCc2ccc([N+](=O)[O-])cc2)c(Cl)c1)c1ccccc1. The summed E-state index contributed by atoms with van der Waals surface area (Å²) in [6.07, 6.45) is 1.39. The summed E-state index contributed by atoms with van der Waals surface area (Å²) < 4.78 is 5.69. The fraction of sp³-hybridized carbons (Fsp3) is 0.120. The fourth-order valence-corrected chi connectivity index (χ4v) is 3.70. The van der Waals surface area contributed by atoms with Crippen molar-refractivity contribution >= 4 is 40.9 Å². The van der Waals surface area contributed by atoms with E-state index < -0.39 is 10.8 Å². The molecule has 0 bridgehead atoms. The summed E-state index contributed by atoms with van der Waals surface area (Å²) in [6.45, 7) is 1.92. The van der Waals surface area contributed by atoms with Crippen LogP contribution in [0.1, 0.15) is 29.7 Å². The Morgan fingerprint density at radius 2 is 1.76 bits per heavy atom. The van der Waals surface area contributed by atoms with Gasteiger partial charge in [-0.15, -0.1) is 0 Å². The number of rotatable bonds is 8. The maximum atomic E-state index is 12.6. The molecule has 0 aliphatic rings. The highest BCUT2D eigenvalue weighted by Crippen LogP contribution is 2.35. The molecule has 1 N–H and O–H groups in total. The third kappa shape index (κ3) is 6.35. The molecule has 1 amide bonds. The number of ether oxygens (including phenoxy) is 1. The van der Waals surface area contributed by atoms with E-state index in [1.807, 2.05) is 43.3 Å². The molecule has 0 aliphatic heterocycles. The van der Waals surface area contributed by atoms with E-state index in [1.165, 1.54) is 30.3 Å². The molecule has 1 atom stereocenters. The third-order valence-corrected chi connectivity index (χ3v) is 5.44. The van der Waals surface area contributed by atoms with E-state index in [0.717, 1.165) is 5.56 Å². The molecule has 0 unspecified atom stereocenters. The van der Waals surface area contributed by atoms with Gasteiger partial charge in [-0.3, -0.25) is 14.9 Å². The summed E-state index contributed by atoms with van der Waals surface area (Å²) in [7, 11) is 0. The molecule has 3 aromatic rings. The first-order valence-corrected chi connectivity index (χ1v) is 10.9. The standard InChI is InChI=1S/C25H19Cl2N3O4/c1-16(19-5-3-2-4-6-19)29-25(31)20(14-28)11-18-12-22(26)24(23(27)13-18)34-15-17-7-9-21(10-8-17)30(32)33/h2-13,16H,15H2,1H3,(H,29,31)/b20-11-/t16-/m0/s1. The topological polar surface area (TPSA) is 105 Å². The van der Waals surface area contributed by atoms with Gasteiger partial charge in [0, 0.05) is 12.1 Å². The number of nitrogens with zero attached hydrogens (tertiary/aromatic N) is 2. The van der Waals surface area contributed by atoms with E-state index in [-0.39, 0.29) is 39.7 Å². The predicted octanol–water partition coefficient (Wildman–Crippen LogP) is 6.26. The lowest BCUT2D eigenvalue weighted by Crippen LogP contribution is -2.27. The number of carbonyl (C=O) groups excluding carboxylic acids is 1. The van der Waals surface area contributed by atoms with Crippen LogP contribution in [0.3, 0.4) is 0 Å². The summed E-state index contributed by atoms with van der Waals surface area (Å²) in [6, 6.07) is 20.0. The Kier molecular flexibility index (Phi) is 8.25. The van der Waals surface area contributed by atoms with Crippen LogP contribution >= 0.6 is 23.2 Å². The van der Waals surface area contributed by atoms with E-state index in [4.69, 9.17) is 27.9 Å². The number of nitriles is 1. The molecule has 7 nitrogen and oxygen atoms in total. The number of carbonyl (C=O) groups is 1. The smallest absolute Gasteiger partial charge is 0.269 e. The number of nitro groups is 1. The first-order valence-electron chi connectivity index (χ1n) is 10.1. The number of amides is 1. The highest BCUT2D eigenvalue weighted by Gasteiger charge is 2.15. The number of benzene rings is 3. The molecule has 0 saturated heterocycles. The molecule has 3 aromatic carbocycles. The zero-order valence-electron chi connectivity index (χ0n) is 18.0. The lowest BCUT2D eigenvalue weighted by molar-refractivity contribution is -0.384. The predicted molar refractivity (Wildman–Crippen MR) is 130 cm³/mol. The molecular weight excluding hydrogens is 477 g/mol. The van der Waals surface area contributed by atoms with Crippen LogP contribution in [-0.4, -0.2) is 10.8 Å². The van der Waals surface area contributed by atoms with Crippen LogP contribution in [-0.2, 0) is 11.4 Å². The van der Waals surface area contributed by atoms with Gasteiger partial charge in [-0.05, 0) is 54.0 Å². The Morgan fingerprint density at radius 3 is 2.32 bits per heavy atom. The van der Waals surface area contributed by atoms with Crippen molar-refractivity contribution in [1.29, 1.82) is 5.26 Å². The van der Waals surface area contributed by atoms with E-state index >= 15 is 0 Å². The van der Waals surface area contributed by atoms with Gasteiger partial charge in [-0.25, -0.2) is 0 Å². The van der Waals surface area contributed by atoms with Gasteiger partial charge in [0.05, 0.1) is 21.0 Å². The Morgan fingerprint density at radius 1 is 1.15 bits per heavy atom. The number of nitrogens with one attached hydrogen (secondary N) is 1. The molecule has 9 heteroatoms. The number of nitro benzene ring substituents is 1. The highest BCUT2D eigenvalue weighted by atomic mass is 35.5.